The van der Waals surface area contributed by atoms with Crippen LogP contribution in [0.3, 0.4) is 0 Å². The van der Waals surface area contributed by atoms with Gasteiger partial charge in [0.1, 0.15) is 0 Å². The first-order valence-corrected chi connectivity index (χ1v) is 11.3. The van der Waals surface area contributed by atoms with Crippen molar-refractivity contribution in [2.45, 2.75) is 28.7 Å². The molecule has 11 heteroatoms. The van der Waals surface area contributed by atoms with Gasteiger partial charge in [-0.15, -0.1) is 0 Å². The number of benzene rings is 2. The molecule has 0 bridgehead atoms. The molecule has 1 saturated carbocycles. The van der Waals surface area contributed by atoms with Crippen molar-refractivity contribution in [3.8, 4) is 0 Å². The van der Waals surface area contributed by atoms with E-state index >= 15 is 0 Å². The fraction of sp³-hybridized carbons (Fsp3) is 0.176. The molecule has 1 aliphatic carbocycles. The number of carbonyl (C=O) groups is 2. The second kappa shape index (κ2) is 6.40. The summed E-state index contributed by atoms with van der Waals surface area (Å²) in [5, 5.41) is 2.09. The Labute approximate surface area is 161 Å². The maximum Gasteiger partial charge on any atom is 0.261 e. The summed E-state index contributed by atoms with van der Waals surface area (Å²) in [5.41, 5.74) is 0.126. The maximum atomic E-state index is 12.6. The molecule has 146 valence electrons. The standard InChI is InChI=1S/C17H15N3O6S2/c21-16-14-7-6-13(9-15(14)17(22)18-16)28(25,26)20-11-2-1-3-12(8-11)27(23,24)19-10-4-5-10/h1-3,6-10,19-20H,4-5H2,(H,18,21,22). The van der Waals surface area contributed by atoms with E-state index in [1.165, 1.54) is 36.4 Å². The zero-order valence-electron chi connectivity index (χ0n) is 14.3. The normalized spacial score (nSPS) is 16.6. The Morgan fingerprint density at radius 1 is 0.821 bits per heavy atom. The summed E-state index contributed by atoms with van der Waals surface area (Å²) in [5.74, 6) is -1.26. The van der Waals surface area contributed by atoms with E-state index in [0.717, 1.165) is 18.9 Å². The first-order valence-electron chi connectivity index (χ1n) is 8.31. The van der Waals surface area contributed by atoms with Gasteiger partial charge >= 0.3 is 0 Å². The maximum absolute atomic E-state index is 12.6. The van der Waals surface area contributed by atoms with E-state index in [9.17, 15) is 26.4 Å². The Morgan fingerprint density at radius 2 is 1.50 bits per heavy atom. The summed E-state index contributed by atoms with van der Waals surface area (Å²) in [7, 11) is -7.84. The molecule has 0 saturated heterocycles. The molecule has 1 fully saturated rings. The van der Waals surface area contributed by atoms with Crippen LogP contribution in [0.2, 0.25) is 0 Å². The van der Waals surface area contributed by atoms with Gasteiger partial charge in [0.05, 0.1) is 26.6 Å². The summed E-state index contributed by atoms with van der Waals surface area (Å²) < 4.78 is 54.7. The fourth-order valence-corrected chi connectivity index (χ4v) is 5.17. The predicted molar refractivity (Wildman–Crippen MR) is 98.8 cm³/mol. The molecule has 0 spiro atoms. The van der Waals surface area contributed by atoms with Crippen LogP contribution in [0.1, 0.15) is 33.6 Å². The number of rotatable bonds is 6. The highest BCUT2D eigenvalue weighted by Crippen LogP contribution is 2.25. The van der Waals surface area contributed by atoms with Crippen LogP contribution in [-0.4, -0.2) is 34.7 Å². The zero-order chi connectivity index (χ0) is 20.1. The Hall–Kier alpha value is -2.76. The first kappa shape index (κ1) is 18.6. The summed E-state index contributed by atoms with van der Waals surface area (Å²) in [6.45, 7) is 0. The number of sulfonamides is 2. The van der Waals surface area contributed by atoms with E-state index in [1.54, 1.807) is 0 Å². The molecule has 3 N–H and O–H groups in total. The number of hydrogen-bond acceptors (Lipinski definition) is 6. The average molecular weight is 421 g/mol. The van der Waals surface area contributed by atoms with Crippen LogP contribution < -0.4 is 14.8 Å². The van der Waals surface area contributed by atoms with Crippen molar-refractivity contribution in [1.82, 2.24) is 10.0 Å². The summed E-state index contributed by atoms with van der Waals surface area (Å²) in [6, 6.07) is 8.91. The SMILES string of the molecule is O=C1NC(=O)c2cc(S(=O)(=O)Nc3cccc(S(=O)(=O)NC4CC4)c3)ccc21. The Morgan fingerprint density at radius 3 is 2.21 bits per heavy atom. The molecule has 2 aromatic carbocycles. The van der Waals surface area contributed by atoms with Gasteiger partial charge in [0.25, 0.3) is 21.8 Å². The lowest BCUT2D eigenvalue weighted by atomic mass is 10.1. The Balaban J connectivity index is 1.62. The van der Waals surface area contributed by atoms with E-state index in [0.29, 0.717) is 0 Å². The highest BCUT2D eigenvalue weighted by Gasteiger charge is 2.30. The van der Waals surface area contributed by atoms with Crippen LogP contribution in [0.25, 0.3) is 0 Å². The van der Waals surface area contributed by atoms with Gasteiger partial charge in [0.15, 0.2) is 0 Å². The highest BCUT2D eigenvalue weighted by molar-refractivity contribution is 7.92. The molecule has 2 amide bonds. The minimum absolute atomic E-state index is 0.0298. The number of amides is 2. The van der Waals surface area contributed by atoms with Gasteiger partial charge in [0, 0.05) is 6.04 Å². The van der Waals surface area contributed by atoms with E-state index < -0.39 is 31.9 Å². The highest BCUT2D eigenvalue weighted by atomic mass is 32.2. The molecule has 0 radical (unpaired) electrons. The van der Waals surface area contributed by atoms with Gasteiger partial charge in [0.2, 0.25) is 10.0 Å². The number of nitrogens with one attached hydrogen (secondary N) is 3. The van der Waals surface area contributed by atoms with Crippen LogP contribution in [-0.2, 0) is 20.0 Å². The Kier molecular flexibility index (Phi) is 4.25. The van der Waals surface area contributed by atoms with Crippen LogP contribution in [0, 0.1) is 0 Å². The van der Waals surface area contributed by atoms with E-state index in [1.807, 2.05) is 0 Å². The van der Waals surface area contributed by atoms with Gasteiger partial charge in [-0.2, -0.15) is 0 Å². The Bertz CT molecular complexity index is 1220. The summed E-state index contributed by atoms with van der Waals surface area (Å²) >= 11 is 0. The molecule has 0 unspecified atom stereocenters. The van der Waals surface area contributed by atoms with Gasteiger partial charge in [-0.1, -0.05) is 6.07 Å². The third kappa shape index (κ3) is 3.51. The zero-order valence-corrected chi connectivity index (χ0v) is 15.9. The van der Waals surface area contributed by atoms with Crippen LogP contribution in [0.15, 0.2) is 52.3 Å². The molecule has 9 nitrogen and oxygen atoms in total. The molecular weight excluding hydrogens is 406 g/mol. The van der Waals surface area contributed by atoms with E-state index in [4.69, 9.17) is 0 Å². The molecular formula is C17H15N3O6S2. The molecule has 1 heterocycles. The summed E-state index contributed by atoms with van der Waals surface area (Å²) in [4.78, 5) is 23.0. The number of anilines is 1. The monoisotopic (exact) mass is 421 g/mol. The fourth-order valence-electron chi connectivity index (χ4n) is 2.74. The molecule has 0 aromatic heterocycles. The van der Waals surface area contributed by atoms with Crippen molar-refractivity contribution in [2.24, 2.45) is 0 Å². The molecule has 0 atom stereocenters. The smallest absolute Gasteiger partial charge is 0.261 e. The van der Waals surface area contributed by atoms with Crippen LogP contribution in [0.4, 0.5) is 5.69 Å². The van der Waals surface area contributed by atoms with E-state index in [2.05, 4.69) is 14.8 Å². The van der Waals surface area contributed by atoms with Crippen molar-refractivity contribution in [2.75, 3.05) is 4.72 Å². The van der Waals surface area contributed by atoms with Gasteiger partial charge in [-0.3, -0.25) is 19.6 Å². The van der Waals surface area contributed by atoms with Crippen LogP contribution in [0.5, 0.6) is 0 Å². The lowest BCUT2D eigenvalue weighted by Gasteiger charge is -2.11. The molecule has 4 rings (SSSR count). The topological polar surface area (TPSA) is 139 Å². The van der Waals surface area contributed by atoms with Crippen LogP contribution >= 0.6 is 0 Å². The van der Waals surface area contributed by atoms with Gasteiger partial charge in [-0.05, 0) is 49.2 Å². The van der Waals surface area contributed by atoms with Crippen molar-refractivity contribution in [3.05, 3.63) is 53.6 Å². The third-order valence-electron chi connectivity index (χ3n) is 4.31. The second-order valence-electron chi connectivity index (χ2n) is 6.52. The minimum atomic E-state index is -4.11. The quantitative estimate of drug-likeness (QED) is 0.590. The number of fused-ring (bicyclic) bond motifs is 1. The predicted octanol–water partition coefficient (Wildman–Crippen LogP) is 0.812. The van der Waals surface area contributed by atoms with E-state index in [-0.39, 0.29) is 32.6 Å². The van der Waals surface area contributed by atoms with Crippen molar-refractivity contribution >= 4 is 37.5 Å². The molecule has 28 heavy (non-hydrogen) atoms. The number of carbonyl (C=O) groups excluding carboxylic acids is 2. The third-order valence-corrected chi connectivity index (χ3v) is 7.21. The lowest BCUT2D eigenvalue weighted by molar-refractivity contribution is 0.0879. The number of imide groups is 1. The van der Waals surface area contributed by atoms with Crippen molar-refractivity contribution in [1.29, 1.82) is 0 Å². The molecule has 1 aliphatic heterocycles. The van der Waals surface area contributed by atoms with Gasteiger partial charge < -0.3 is 0 Å². The summed E-state index contributed by atoms with van der Waals surface area (Å²) in [6.07, 6.45) is 1.56. The largest absolute Gasteiger partial charge is 0.288 e. The van der Waals surface area contributed by atoms with Gasteiger partial charge in [-0.25, -0.2) is 21.6 Å². The van der Waals surface area contributed by atoms with Crippen molar-refractivity contribution < 1.29 is 26.4 Å². The number of hydrogen-bond donors (Lipinski definition) is 3. The second-order valence-corrected chi connectivity index (χ2v) is 9.92. The minimum Gasteiger partial charge on any atom is -0.288 e. The first-order chi connectivity index (χ1) is 13.2. The average Bonchev–Trinajstić information content (AvgIpc) is 3.39. The lowest BCUT2D eigenvalue weighted by Crippen LogP contribution is -2.25. The molecule has 2 aliphatic rings. The molecule has 2 aromatic rings. The van der Waals surface area contributed by atoms with Crippen molar-refractivity contribution in [3.63, 3.8) is 0 Å².